The van der Waals surface area contributed by atoms with Crippen LogP contribution in [0.1, 0.15) is 26.2 Å². The molecule has 19 heavy (non-hydrogen) atoms. The molecule has 0 saturated carbocycles. The van der Waals surface area contributed by atoms with Crippen molar-refractivity contribution in [2.75, 3.05) is 11.9 Å². The van der Waals surface area contributed by atoms with Gasteiger partial charge in [0.05, 0.1) is 16.6 Å². The van der Waals surface area contributed by atoms with Crippen LogP contribution >= 0.6 is 0 Å². The molecule has 1 saturated heterocycles. The number of amides is 1. The molecular formula is C14H18N4O. The quantitative estimate of drug-likeness (QED) is 0.789. The Morgan fingerprint density at radius 2 is 2.32 bits per heavy atom. The molecule has 3 N–H and O–H groups in total. The van der Waals surface area contributed by atoms with Crippen molar-refractivity contribution in [1.29, 1.82) is 0 Å². The molecule has 2 heterocycles. The van der Waals surface area contributed by atoms with E-state index in [1.54, 1.807) is 0 Å². The van der Waals surface area contributed by atoms with E-state index in [2.05, 4.69) is 20.6 Å². The van der Waals surface area contributed by atoms with Gasteiger partial charge in [0.25, 0.3) is 0 Å². The highest BCUT2D eigenvalue weighted by atomic mass is 16.2. The SMILES string of the molecule is CCC1(C(=O)Nc2nc3ccccc3[nH]2)CCCN1. The van der Waals surface area contributed by atoms with E-state index in [0.29, 0.717) is 5.95 Å². The van der Waals surface area contributed by atoms with Crippen LogP contribution in [0.2, 0.25) is 0 Å². The lowest BCUT2D eigenvalue weighted by Crippen LogP contribution is -2.50. The molecule has 1 aliphatic heterocycles. The van der Waals surface area contributed by atoms with Gasteiger partial charge in [-0.25, -0.2) is 4.98 Å². The number of nitrogens with zero attached hydrogens (tertiary/aromatic N) is 1. The Morgan fingerprint density at radius 1 is 1.47 bits per heavy atom. The third-order valence-corrected chi connectivity index (χ3v) is 3.90. The highest BCUT2D eigenvalue weighted by Gasteiger charge is 2.39. The van der Waals surface area contributed by atoms with E-state index >= 15 is 0 Å². The molecule has 1 fully saturated rings. The molecule has 1 atom stereocenters. The minimum atomic E-state index is -0.432. The molecule has 0 aliphatic carbocycles. The van der Waals surface area contributed by atoms with Gasteiger partial charge in [-0.05, 0) is 37.9 Å². The van der Waals surface area contributed by atoms with Gasteiger partial charge in [-0.1, -0.05) is 19.1 Å². The molecule has 2 aromatic rings. The smallest absolute Gasteiger partial charge is 0.246 e. The lowest BCUT2D eigenvalue weighted by atomic mass is 9.93. The molecule has 1 aliphatic rings. The van der Waals surface area contributed by atoms with Crippen LogP contribution in [0.25, 0.3) is 11.0 Å². The van der Waals surface area contributed by atoms with Crippen LogP contribution in [0.5, 0.6) is 0 Å². The molecule has 100 valence electrons. The van der Waals surface area contributed by atoms with Crippen molar-refractivity contribution >= 4 is 22.9 Å². The van der Waals surface area contributed by atoms with Crippen molar-refractivity contribution in [3.63, 3.8) is 0 Å². The fraction of sp³-hybridized carbons (Fsp3) is 0.429. The first-order chi connectivity index (χ1) is 9.23. The van der Waals surface area contributed by atoms with Crippen molar-refractivity contribution in [3.8, 4) is 0 Å². The molecule has 1 aromatic heterocycles. The van der Waals surface area contributed by atoms with Crippen LogP contribution in [0.3, 0.4) is 0 Å². The number of para-hydroxylation sites is 2. The second-order valence-corrected chi connectivity index (χ2v) is 5.02. The molecule has 5 heteroatoms. The third kappa shape index (κ3) is 2.10. The maximum Gasteiger partial charge on any atom is 0.246 e. The summed E-state index contributed by atoms with van der Waals surface area (Å²) in [4.78, 5) is 19.9. The van der Waals surface area contributed by atoms with E-state index in [1.165, 1.54) is 0 Å². The van der Waals surface area contributed by atoms with Gasteiger partial charge in [0.1, 0.15) is 0 Å². The number of benzene rings is 1. The molecule has 1 aromatic carbocycles. The summed E-state index contributed by atoms with van der Waals surface area (Å²) in [7, 11) is 0. The fourth-order valence-corrected chi connectivity index (χ4v) is 2.70. The monoisotopic (exact) mass is 258 g/mol. The van der Waals surface area contributed by atoms with Gasteiger partial charge in [0.15, 0.2) is 0 Å². The summed E-state index contributed by atoms with van der Waals surface area (Å²) in [5.41, 5.74) is 1.37. The van der Waals surface area contributed by atoms with E-state index in [1.807, 2.05) is 31.2 Å². The standard InChI is InChI=1S/C14H18N4O/c1-2-14(8-5-9-15-14)12(19)18-13-16-10-6-3-4-7-11(10)17-13/h3-4,6-7,15H,2,5,8-9H2,1H3,(H2,16,17,18,19). The van der Waals surface area contributed by atoms with E-state index < -0.39 is 5.54 Å². The van der Waals surface area contributed by atoms with E-state index in [9.17, 15) is 4.79 Å². The van der Waals surface area contributed by atoms with Gasteiger partial charge in [-0.15, -0.1) is 0 Å². The molecule has 1 amide bonds. The second kappa shape index (κ2) is 4.66. The summed E-state index contributed by atoms with van der Waals surface area (Å²) in [5, 5.41) is 6.22. The van der Waals surface area contributed by atoms with Gasteiger partial charge in [-0.3, -0.25) is 10.1 Å². The molecular weight excluding hydrogens is 240 g/mol. The number of anilines is 1. The fourth-order valence-electron chi connectivity index (χ4n) is 2.70. The summed E-state index contributed by atoms with van der Waals surface area (Å²) >= 11 is 0. The summed E-state index contributed by atoms with van der Waals surface area (Å²) in [6.45, 7) is 2.94. The van der Waals surface area contributed by atoms with Crippen molar-refractivity contribution < 1.29 is 4.79 Å². The normalized spacial score (nSPS) is 22.8. The summed E-state index contributed by atoms with van der Waals surface area (Å²) in [5.74, 6) is 0.527. The highest BCUT2D eigenvalue weighted by molar-refractivity contribution is 5.98. The average molecular weight is 258 g/mol. The molecule has 3 rings (SSSR count). The minimum absolute atomic E-state index is 0.00607. The number of aromatic amines is 1. The number of fused-ring (bicyclic) bond motifs is 1. The van der Waals surface area contributed by atoms with Gasteiger partial charge >= 0.3 is 0 Å². The first-order valence-electron chi connectivity index (χ1n) is 6.75. The maximum atomic E-state index is 12.4. The number of carbonyl (C=O) groups is 1. The van der Waals surface area contributed by atoms with Crippen LogP contribution in [0.15, 0.2) is 24.3 Å². The minimum Gasteiger partial charge on any atom is -0.324 e. The number of hydrogen-bond donors (Lipinski definition) is 3. The molecule has 0 bridgehead atoms. The Kier molecular flexibility index (Phi) is 2.98. The Hall–Kier alpha value is -1.88. The van der Waals surface area contributed by atoms with Crippen molar-refractivity contribution in [3.05, 3.63) is 24.3 Å². The van der Waals surface area contributed by atoms with E-state index in [-0.39, 0.29) is 5.91 Å². The third-order valence-electron chi connectivity index (χ3n) is 3.90. The van der Waals surface area contributed by atoms with Gasteiger partial charge in [0, 0.05) is 0 Å². The summed E-state index contributed by atoms with van der Waals surface area (Å²) < 4.78 is 0. The zero-order chi connectivity index (χ0) is 13.3. The van der Waals surface area contributed by atoms with Crippen molar-refractivity contribution in [2.45, 2.75) is 31.7 Å². The van der Waals surface area contributed by atoms with Crippen molar-refractivity contribution in [2.24, 2.45) is 0 Å². The summed E-state index contributed by atoms with van der Waals surface area (Å²) in [6.07, 6.45) is 2.72. The largest absolute Gasteiger partial charge is 0.324 e. The van der Waals surface area contributed by atoms with Crippen LogP contribution in [-0.2, 0) is 4.79 Å². The first-order valence-corrected chi connectivity index (χ1v) is 6.75. The van der Waals surface area contributed by atoms with Crippen LogP contribution < -0.4 is 10.6 Å². The van der Waals surface area contributed by atoms with E-state index in [4.69, 9.17) is 0 Å². The second-order valence-electron chi connectivity index (χ2n) is 5.02. The number of nitrogens with one attached hydrogen (secondary N) is 3. The Bertz CT molecular complexity index is 565. The van der Waals surface area contributed by atoms with Crippen LogP contribution in [0, 0.1) is 0 Å². The van der Waals surface area contributed by atoms with Gasteiger partial charge in [0.2, 0.25) is 11.9 Å². The highest BCUT2D eigenvalue weighted by Crippen LogP contribution is 2.24. The maximum absolute atomic E-state index is 12.4. The topological polar surface area (TPSA) is 69.8 Å². The number of rotatable bonds is 3. The number of carbonyl (C=O) groups excluding carboxylic acids is 1. The Balaban J connectivity index is 1.82. The average Bonchev–Trinajstić information content (AvgIpc) is 3.05. The first kappa shape index (κ1) is 12.2. The van der Waals surface area contributed by atoms with Gasteiger partial charge < -0.3 is 10.3 Å². The zero-order valence-electron chi connectivity index (χ0n) is 11.0. The summed E-state index contributed by atoms with van der Waals surface area (Å²) in [6, 6.07) is 7.74. The van der Waals surface area contributed by atoms with Crippen LogP contribution in [-0.4, -0.2) is 28.0 Å². The number of aromatic nitrogens is 2. The van der Waals surface area contributed by atoms with E-state index in [0.717, 1.165) is 36.8 Å². The molecule has 5 nitrogen and oxygen atoms in total. The molecule has 0 spiro atoms. The Morgan fingerprint density at radius 3 is 3.00 bits per heavy atom. The van der Waals surface area contributed by atoms with Crippen molar-refractivity contribution in [1.82, 2.24) is 15.3 Å². The number of H-pyrrole nitrogens is 1. The molecule has 1 unspecified atom stereocenters. The number of imidazole rings is 1. The predicted octanol–water partition coefficient (Wildman–Crippen LogP) is 2.03. The van der Waals surface area contributed by atoms with Gasteiger partial charge in [-0.2, -0.15) is 0 Å². The zero-order valence-corrected chi connectivity index (χ0v) is 11.0. The lowest BCUT2D eigenvalue weighted by Gasteiger charge is -2.25. The number of hydrogen-bond acceptors (Lipinski definition) is 3. The van der Waals surface area contributed by atoms with Crippen LogP contribution in [0.4, 0.5) is 5.95 Å². The molecule has 0 radical (unpaired) electrons. The predicted molar refractivity (Wildman–Crippen MR) is 75.0 cm³/mol. The lowest BCUT2D eigenvalue weighted by molar-refractivity contribution is -0.122. The Labute approximate surface area is 111 Å².